The Morgan fingerprint density at radius 3 is 2.68 bits per heavy atom. The zero-order valence-corrected chi connectivity index (χ0v) is 19.7. The normalized spacial score (nSPS) is 16.2. The first kappa shape index (κ1) is 23.6. The van der Waals surface area contributed by atoms with E-state index >= 15 is 0 Å². The lowest BCUT2D eigenvalue weighted by atomic mass is 9.94. The van der Waals surface area contributed by atoms with E-state index in [1.165, 1.54) is 17.7 Å². The van der Waals surface area contributed by atoms with Crippen molar-refractivity contribution >= 4 is 11.6 Å². The number of hydrogen-bond acceptors (Lipinski definition) is 5. The summed E-state index contributed by atoms with van der Waals surface area (Å²) < 4.78 is 25.1. The van der Waals surface area contributed by atoms with Gasteiger partial charge in [0, 0.05) is 31.0 Å². The SMILES string of the molecule is CCOCCCN1C(=O)NC(c2cccc(F)c2)C(c2nc(-c3ccc(CC)cc3)no2)=C1C. The van der Waals surface area contributed by atoms with E-state index in [0.717, 1.165) is 12.0 Å². The Labute approximate surface area is 198 Å². The zero-order chi connectivity index (χ0) is 24.1. The fourth-order valence-electron chi connectivity index (χ4n) is 4.07. The molecule has 8 heteroatoms. The summed E-state index contributed by atoms with van der Waals surface area (Å²) in [5.41, 5.74) is 3.98. The van der Waals surface area contributed by atoms with Crippen LogP contribution in [0.25, 0.3) is 17.0 Å². The van der Waals surface area contributed by atoms with Crippen molar-refractivity contribution in [2.75, 3.05) is 19.8 Å². The fraction of sp³-hybridized carbons (Fsp3) is 0.346. The van der Waals surface area contributed by atoms with Crippen LogP contribution < -0.4 is 5.32 Å². The van der Waals surface area contributed by atoms with E-state index < -0.39 is 6.04 Å². The predicted octanol–water partition coefficient (Wildman–Crippen LogP) is 5.36. The van der Waals surface area contributed by atoms with Gasteiger partial charge in [-0.1, -0.05) is 48.5 Å². The molecule has 0 saturated heterocycles. The summed E-state index contributed by atoms with van der Waals surface area (Å²) in [6, 6.07) is 13.3. The van der Waals surface area contributed by atoms with Crippen LogP contribution >= 0.6 is 0 Å². The second kappa shape index (κ2) is 10.6. The number of halogens is 1. The van der Waals surface area contributed by atoms with Crippen LogP contribution in [0.5, 0.6) is 0 Å². The first-order valence-electron chi connectivity index (χ1n) is 11.6. The number of rotatable bonds is 9. The van der Waals surface area contributed by atoms with E-state index in [1.54, 1.807) is 17.0 Å². The van der Waals surface area contributed by atoms with Gasteiger partial charge in [-0.3, -0.25) is 4.90 Å². The monoisotopic (exact) mass is 464 g/mol. The van der Waals surface area contributed by atoms with Gasteiger partial charge in [0.25, 0.3) is 5.89 Å². The summed E-state index contributed by atoms with van der Waals surface area (Å²) in [7, 11) is 0. The average Bonchev–Trinajstić information content (AvgIpc) is 3.33. The maximum Gasteiger partial charge on any atom is 0.322 e. The number of carbonyl (C=O) groups is 1. The van der Waals surface area contributed by atoms with Gasteiger partial charge in [0.2, 0.25) is 5.82 Å². The van der Waals surface area contributed by atoms with Crippen molar-refractivity contribution in [3.05, 3.63) is 77.1 Å². The second-order valence-electron chi connectivity index (χ2n) is 8.11. The van der Waals surface area contributed by atoms with E-state index in [-0.39, 0.29) is 17.7 Å². The van der Waals surface area contributed by atoms with Crippen molar-refractivity contribution < 1.29 is 18.4 Å². The lowest BCUT2D eigenvalue weighted by Gasteiger charge is -2.35. The van der Waals surface area contributed by atoms with Crippen molar-refractivity contribution in [2.24, 2.45) is 0 Å². The van der Waals surface area contributed by atoms with E-state index in [4.69, 9.17) is 9.26 Å². The Hall–Kier alpha value is -3.52. The summed E-state index contributed by atoms with van der Waals surface area (Å²) in [6.07, 6.45) is 1.62. The fourth-order valence-corrected chi connectivity index (χ4v) is 4.07. The molecule has 0 spiro atoms. The molecule has 1 atom stereocenters. The minimum absolute atomic E-state index is 0.262. The van der Waals surface area contributed by atoms with Gasteiger partial charge in [-0.05, 0) is 49.9 Å². The number of nitrogens with one attached hydrogen (secondary N) is 1. The van der Waals surface area contributed by atoms with E-state index in [2.05, 4.69) is 22.4 Å². The molecular weight excluding hydrogens is 435 g/mol. The maximum absolute atomic E-state index is 14.0. The Balaban J connectivity index is 1.72. The molecule has 1 aliphatic heterocycles. The Kier molecular flexibility index (Phi) is 7.37. The van der Waals surface area contributed by atoms with Gasteiger partial charge in [-0.15, -0.1) is 0 Å². The van der Waals surface area contributed by atoms with Crippen molar-refractivity contribution in [2.45, 2.75) is 39.7 Å². The molecule has 178 valence electrons. The average molecular weight is 465 g/mol. The lowest BCUT2D eigenvalue weighted by Crippen LogP contribution is -2.46. The van der Waals surface area contributed by atoms with Gasteiger partial charge in [-0.2, -0.15) is 4.98 Å². The van der Waals surface area contributed by atoms with E-state index in [9.17, 15) is 9.18 Å². The summed E-state index contributed by atoms with van der Waals surface area (Å²) in [6.45, 7) is 7.52. The molecule has 1 aliphatic rings. The highest BCUT2D eigenvalue weighted by Crippen LogP contribution is 2.37. The highest BCUT2D eigenvalue weighted by molar-refractivity contribution is 5.86. The molecule has 1 unspecified atom stereocenters. The zero-order valence-electron chi connectivity index (χ0n) is 19.7. The first-order valence-corrected chi connectivity index (χ1v) is 11.6. The summed E-state index contributed by atoms with van der Waals surface area (Å²) >= 11 is 0. The van der Waals surface area contributed by atoms with Gasteiger partial charge >= 0.3 is 6.03 Å². The van der Waals surface area contributed by atoms with Crippen LogP contribution in [0.3, 0.4) is 0 Å². The molecule has 34 heavy (non-hydrogen) atoms. The molecule has 4 rings (SSSR count). The van der Waals surface area contributed by atoms with Gasteiger partial charge < -0.3 is 14.6 Å². The lowest BCUT2D eigenvalue weighted by molar-refractivity contribution is 0.136. The van der Waals surface area contributed by atoms with Crippen molar-refractivity contribution in [1.82, 2.24) is 20.4 Å². The summed E-state index contributed by atoms with van der Waals surface area (Å²) in [5, 5.41) is 7.17. The first-order chi connectivity index (χ1) is 16.5. The van der Waals surface area contributed by atoms with Crippen LogP contribution in [0, 0.1) is 5.82 Å². The van der Waals surface area contributed by atoms with Crippen LogP contribution in [0.4, 0.5) is 9.18 Å². The van der Waals surface area contributed by atoms with Gasteiger partial charge in [0.1, 0.15) is 5.82 Å². The van der Waals surface area contributed by atoms with Crippen LogP contribution in [-0.2, 0) is 11.2 Å². The number of urea groups is 1. The number of allylic oxidation sites excluding steroid dienone is 1. The van der Waals surface area contributed by atoms with Crippen molar-refractivity contribution in [3.8, 4) is 11.4 Å². The quantitative estimate of drug-likeness (QED) is 0.431. The van der Waals surface area contributed by atoms with Crippen LogP contribution in [0.2, 0.25) is 0 Å². The molecule has 2 amide bonds. The van der Waals surface area contributed by atoms with Gasteiger partial charge in [0.05, 0.1) is 11.6 Å². The molecule has 1 aromatic heterocycles. The minimum atomic E-state index is -0.623. The molecule has 1 N–H and O–H groups in total. The number of nitrogens with zero attached hydrogens (tertiary/aromatic N) is 3. The Morgan fingerprint density at radius 1 is 1.18 bits per heavy atom. The van der Waals surface area contributed by atoms with Gasteiger partial charge in [-0.25, -0.2) is 9.18 Å². The number of aromatic nitrogens is 2. The van der Waals surface area contributed by atoms with E-state index in [1.807, 2.05) is 38.1 Å². The molecule has 0 radical (unpaired) electrons. The molecule has 2 aromatic carbocycles. The predicted molar refractivity (Wildman–Crippen MR) is 127 cm³/mol. The van der Waals surface area contributed by atoms with Crippen LogP contribution in [0.15, 0.2) is 58.8 Å². The van der Waals surface area contributed by atoms with Crippen LogP contribution in [-0.4, -0.2) is 40.8 Å². The highest BCUT2D eigenvalue weighted by atomic mass is 19.1. The second-order valence-corrected chi connectivity index (χ2v) is 8.11. The number of carbonyl (C=O) groups excluding carboxylic acids is 1. The third-order valence-electron chi connectivity index (χ3n) is 5.93. The Bertz CT molecular complexity index is 1170. The third kappa shape index (κ3) is 5.02. The maximum atomic E-state index is 14.0. The molecule has 3 aromatic rings. The number of hydrogen-bond donors (Lipinski definition) is 1. The number of aryl methyl sites for hydroxylation is 1. The van der Waals surface area contributed by atoms with Crippen molar-refractivity contribution in [1.29, 1.82) is 0 Å². The molecular formula is C26H29FN4O3. The molecule has 0 fully saturated rings. The number of benzene rings is 2. The molecule has 2 heterocycles. The topological polar surface area (TPSA) is 80.5 Å². The van der Waals surface area contributed by atoms with Gasteiger partial charge in [0.15, 0.2) is 0 Å². The summed E-state index contributed by atoms with van der Waals surface area (Å²) in [4.78, 5) is 19.3. The molecule has 7 nitrogen and oxygen atoms in total. The van der Waals surface area contributed by atoms with Crippen molar-refractivity contribution in [3.63, 3.8) is 0 Å². The minimum Gasteiger partial charge on any atom is -0.382 e. The number of ether oxygens (including phenoxy) is 1. The smallest absolute Gasteiger partial charge is 0.322 e. The standard InChI is InChI=1S/C26H29FN4O3/c1-4-18-10-12-19(13-11-18)24-29-25(34-30-24)22-17(3)31(14-7-15-33-5-2)26(32)28-23(22)20-8-6-9-21(27)16-20/h6,8-13,16,23H,4-5,7,14-15H2,1-3H3,(H,28,32). The van der Waals surface area contributed by atoms with E-state index in [0.29, 0.717) is 48.8 Å². The third-order valence-corrected chi connectivity index (χ3v) is 5.93. The largest absolute Gasteiger partial charge is 0.382 e. The number of amides is 2. The molecule has 0 saturated carbocycles. The summed E-state index contributed by atoms with van der Waals surface area (Å²) in [5.74, 6) is 0.358. The highest BCUT2D eigenvalue weighted by Gasteiger charge is 2.35. The van der Waals surface area contributed by atoms with Crippen LogP contribution in [0.1, 0.15) is 50.3 Å². The Morgan fingerprint density at radius 2 is 1.97 bits per heavy atom. The molecule has 0 aliphatic carbocycles. The molecule has 0 bridgehead atoms.